The van der Waals surface area contributed by atoms with Gasteiger partial charge < -0.3 is 0 Å². The minimum Gasteiger partial charge on any atom is -0.145 e. The Labute approximate surface area is 51.3 Å². The molecule has 0 aliphatic heterocycles. The second-order valence-corrected chi connectivity index (χ2v) is 3.52. The summed E-state index contributed by atoms with van der Waals surface area (Å²) in [4.78, 5) is 0. The van der Waals surface area contributed by atoms with Gasteiger partial charge in [0.05, 0.1) is 39.0 Å². The van der Waals surface area contributed by atoms with Crippen LogP contribution in [0.2, 0.25) is 5.01 Å². The largest absolute Gasteiger partial charge is 0.145 e. The van der Waals surface area contributed by atoms with Crippen LogP contribution in [0.4, 0.5) is 0 Å². The van der Waals surface area contributed by atoms with E-state index in [9.17, 15) is 0 Å². The van der Waals surface area contributed by atoms with Crippen molar-refractivity contribution in [1.82, 2.24) is 0 Å². The van der Waals surface area contributed by atoms with E-state index < -0.39 is 0 Å². The van der Waals surface area contributed by atoms with Gasteiger partial charge in [0.15, 0.2) is 0 Å². The SMILES string of the molecule is BB(B)C(B)(B)B. The fraction of sp³-hybridized carbons (Fsp3) is 1.00. The van der Waals surface area contributed by atoms with Crippen LogP contribution in [0, 0.1) is 0 Å². The Bertz CT molecular complexity index is 49.7. The zero-order chi connectivity index (χ0) is 6.08. The van der Waals surface area contributed by atoms with E-state index >= 15 is 0 Å². The molecule has 0 N–H and O–H groups in total. The minimum atomic E-state index is 0.500. The molecule has 0 rings (SSSR count). The lowest BCUT2D eigenvalue weighted by Crippen LogP contribution is -2.35. The first-order valence-corrected chi connectivity index (χ1v) is 2.94. The van der Waals surface area contributed by atoms with Gasteiger partial charge in [-0.1, -0.05) is 0 Å². The van der Waals surface area contributed by atoms with Gasteiger partial charge in [-0.15, -0.1) is 5.01 Å². The molecule has 0 radical (unpaired) electrons. The standard InChI is InChI=1S/CH10B6/c2-1(3,4)7(5)6/h2-6H2. The van der Waals surface area contributed by atoms with Crippen molar-refractivity contribution in [3.8, 4) is 0 Å². The Morgan fingerprint density at radius 2 is 1.14 bits per heavy atom. The van der Waals surface area contributed by atoms with Crippen LogP contribution >= 0.6 is 0 Å². The van der Waals surface area contributed by atoms with E-state index in [2.05, 4.69) is 39.0 Å². The Balaban J connectivity index is 3.54. The maximum atomic E-state index is 2.26. The molecule has 7 heavy (non-hydrogen) atoms. The third kappa shape index (κ3) is 3.02. The highest BCUT2D eigenvalue weighted by Gasteiger charge is 2.16. The summed E-state index contributed by atoms with van der Waals surface area (Å²) < 4.78 is 0. The van der Waals surface area contributed by atoms with Gasteiger partial charge in [0.2, 0.25) is 0 Å². The van der Waals surface area contributed by atoms with E-state index in [4.69, 9.17) is 0 Å². The van der Waals surface area contributed by atoms with Crippen molar-refractivity contribution in [2.24, 2.45) is 0 Å². The zero-order valence-corrected chi connectivity index (χ0v) is 6.08. The summed E-state index contributed by atoms with van der Waals surface area (Å²) >= 11 is 0. The van der Waals surface area contributed by atoms with Gasteiger partial charge in [-0.2, -0.15) is 0 Å². The van der Waals surface area contributed by atoms with E-state index in [-0.39, 0.29) is 0 Å². The maximum Gasteiger partial charge on any atom is 0.0824 e. The van der Waals surface area contributed by atoms with E-state index in [1.165, 1.54) is 0 Å². The lowest BCUT2D eigenvalue weighted by Gasteiger charge is -2.20. The average Bonchev–Trinajstić information content (AvgIpc) is 1.31. The summed E-state index contributed by atoms with van der Waals surface area (Å²) in [5.74, 6) is 0. The summed E-state index contributed by atoms with van der Waals surface area (Å²) in [6, 6.07) is 0. The number of hydrogen-bond acceptors (Lipinski definition) is 0. The summed E-state index contributed by atoms with van der Waals surface area (Å²) in [6.07, 6.45) is 0. The summed E-state index contributed by atoms with van der Waals surface area (Å²) in [7, 11) is 11.3. The Morgan fingerprint density at radius 3 is 1.14 bits per heavy atom. The normalized spacial score (nSPS) is 10.9. The van der Waals surface area contributed by atoms with Gasteiger partial charge in [-0.05, 0) is 0 Å². The third-order valence-electron chi connectivity index (χ3n) is 1.73. The minimum absolute atomic E-state index is 0.500. The summed E-state index contributed by atoms with van der Waals surface area (Å²) in [5.41, 5.74) is 0. The molecule has 0 aromatic carbocycles. The molecule has 32 valence electrons. The lowest BCUT2D eigenvalue weighted by atomic mass is 8.99. The van der Waals surface area contributed by atoms with Crippen LogP contribution in [0.15, 0.2) is 0 Å². The van der Waals surface area contributed by atoms with Crippen molar-refractivity contribution in [1.29, 1.82) is 0 Å². The first-order chi connectivity index (χ1) is 2.94. The van der Waals surface area contributed by atoms with Crippen LogP contribution in [-0.2, 0) is 0 Å². The fourth-order valence-electron chi connectivity index (χ4n) is 0. The lowest BCUT2D eigenvalue weighted by molar-refractivity contribution is 1.68. The van der Waals surface area contributed by atoms with Crippen molar-refractivity contribution in [2.75, 3.05) is 0 Å². The molecule has 0 unspecified atom stereocenters. The van der Waals surface area contributed by atoms with Gasteiger partial charge >= 0.3 is 0 Å². The third-order valence-corrected chi connectivity index (χ3v) is 1.73. The molecule has 0 aromatic rings. The van der Waals surface area contributed by atoms with Crippen LogP contribution in [0.25, 0.3) is 0 Å². The molecule has 0 saturated carbocycles. The van der Waals surface area contributed by atoms with Crippen LogP contribution in [0.3, 0.4) is 0 Å². The van der Waals surface area contributed by atoms with E-state index in [0.717, 1.165) is 6.49 Å². The highest BCUT2D eigenvalue weighted by molar-refractivity contribution is 7.36. The Hall–Kier alpha value is 0.390. The second kappa shape index (κ2) is 2.11. The van der Waals surface area contributed by atoms with Crippen molar-refractivity contribution < 1.29 is 0 Å². The molecule has 0 aliphatic rings. The average molecular weight is 87.0 g/mol. The van der Waals surface area contributed by atoms with Crippen LogP contribution in [-0.4, -0.2) is 45.5 Å². The topological polar surface area (TPSA) is 0 Å². The van der Waals surface area contributed by atoms with E-state index in [1.54, 1.807) is 0 Å². The summed E-state index contributed by atoms with van der Waals surface area (Å²) in [5, 5.41) is 0.500. The first kappa shape index (κ1) is 7.39. The van der Waals surface area contributed by atoms with Gasteiger partial charge in [-0.3, -0.25) is 0 Å². The van der Waals surface area contributed by atoms with E-state index in [1.807, 2.05) is 0 Å². The number of hydrogen-bond donors (Lipinski definition) is 0. The van der Waals surface area contributed by atoms with E-state index in [0.29, 0.717) is 5.01 Å². The molecule has 0 aliphatic carbocycles. The van der Waals surface area contributed by atoms with Crippen LogP contribution in [0.5, 0.6) is 0 Å². The highest BCUT2D eigenvalue weighted by atomic mass is 13.6. The smallest absolute Gasteiger partial charge is 0.0824 e. The molecule has 0 saturated heterocycles. The molecule has 0 heterocycles. The molecule has 0 nitrogen and oxygen atoms in total. The highest BCUT2D eigenvalue weighted by Crippen LogP contribution is 2.06. The van der Waals surface area contributed by atoms with Crippen molar-refractivity contribution in [3.05, 3.63) is 0 Å². The second-order valence-electron chi connectivity index (χ2n) is 3.52. The molecule has 0 amide bonds. The predicted molar refractivity (Wildman–Crippen MR) is 51.2 cm³/mol. The first-order valence-electron chi connectivity index (χ1n) is 2.94. The summed E-state index contributed by atoms with van der Waals surface area (Å²) in [6.45, 7) is 0.799. The molecular formula is CH10B6. The van der Waals surface area contributed by atoms with Gasteiger partial charge in [0.25, 0.3) is 0 Å². The maximum absolute atomic E-state index is 2.26. The van der Waals surface area contributed by atoms with Crippen molar-refractivity contribution in [2.45, 2.75) is 5.01 Å². The Morgan fingerprint density at radius 1 is 1.00 bits per heavy atom. The monoisotopic (exact) mass is 88.1 g/mol. The van der Waals surface area contributed by atoms with Crippen molar-refractivity contribution >= 4 is 45.5 Å². The van der Waals surface area contributed by atoms with Gasteiger partial charge in [-0.25, -0.2) is 0 Å². The van der Waals surface area contributed by atoms with Crippen LogP contribution < -0.4 is 0 Å². The van der Waals surface area contributed by atoms with Crippen LogP contribution in [0.1, 0.15) is 0 Å². The molecule has 0 atom stereocenters. The zero-order valence-electron chi connectivity index (χ0n) is 6.08. The Kier molecular flexibility index (Phi) is 2.22. The molecule has 6 heteroatoms. The molecule has 0 aromatic heterocycles. The molecule has 0 spiro atoms. The molecule has 0 bridgehead atoms. The van der Waals surface area contributed by atoms with Gasteiger partial charge in [0, 0.05) is 6.49 Å². The fourth-order valence-corrected chi connectivity index (χ4v) is 0. The molecular weight excluding hydrogens is 76.9 g/mol. The predicted octanol–water partition coefficient (Wildman–Crippen LogP) is -4.75. The van der Waals surface area contributed by atoms with Gasteiger partial charge in [0.1, 0.15) is 0 Å². The molecule has 0 fully saturated rings. The number of rotatable bonds is 1. The van der Waals surface area contributed by atoms with Crippen molar-refractivity contribution in [3.63, 3.8) is 0 Å². The quantitative estimate of drug-likeness (QED) is 0.282.